The van der Waals surface area contributed by atoms with Crippen LogP contribution in [0.4, 0.5) is 0 Å². The lowest BCUT2D eigenvalue weighted by Gasteiger charge is -2.35. The van der Waals surface area contributed by atoms with Crippen LogP contribution in [0.5, 0.6) is 0 Å². The van der Waals surface area contributed by atoms with Crippen LogP contribution in [-0.2, 0) is 0 Å². The van der Waals surface area contributed by atoms with Gasteiger partial charge < -0.3 is 4.90 Å². The highest BCUT2D eigenvalue weighted by molar-refractivity contribution is 9.10. The molecule has 18 heavy (non-hydrogen) atoms. The highest BCUT2D eigenvalue weighted by Gasteiger charge is 2.26. The van der Waals surface area contributed by atoms with E-state index in [-0.39, 0.29) is 5.91 Å². The van der Waals surface area contributed by atoms with Gasteiger partial charge in [-0.2, -0.15) is 0 Å². The summed E-state index contributed by atoms with van der Waals surface area (Å²) in [6.07, 6.45) is 4.26. The Labute approximate surface area is 121 Å². The first-order valence-corrected chi connectivity index (χ1v) is 7.67. The third-order valence-corrected chi connectivity index (χ3v) is 4.11. The predicted molar refractivity (Wildman–Crippen MR) is 78.2 cm³/mol. The second-order valence-corrected chi connectivity index (χ2v) is 5.93. The molecule has 0 N–H and O–H groups in total. The quantitative estimate of drug-likeness (QED) is 0.765. The molecule has 4 heteroatoms. The Kier molecular flexibility index (Phi) is 5.07. The van der Waals surface area contributed by atoms with Crippen molar-refractivity contribution < 1.29 is 4.79 Å². The molecule has 0 aliphatic carbocycles. The molecule has 98 valence electrons. The zero-order valence-corrected chi connectivity index (χ0v) is 12.6. The molecular formula is C14H17BrClNO. The molecule has 2 nitrogen and oxygen atoms in total. The van der Waals surface area contributed by atoms with Crippen molar-refractivity contribution in [1.82, 2.24) is 4.90 Å². The van der Waals surface area contributed by atoms with Crippen molar-refractivity contribution in [3.63, 3.8) is 0 Å². The standard InChI is InChI=1S/C14H17BrClNO/c15-12-5-3-4-11(10-12)14(18)17-9-2-1-6-13(17)7-8-16/h3-5,10,13H,1-2,6-9H2. The number of hydrogen-bond acceptors (Lipinski definition) is 1. The van der Waals surface area contributed by atoms with Gasteiger partial charge in [0.05, 0.1) is 0 Å². The number of carbonyl (C=O) groups is 1. The van der Waals surface area contributed by atoms with Gasteiger partial charge in [0, 0.05) is 28.5 Å². The molecule has 0 bridgehead atoms. The van der Waals surface area contributed by atoms with Crippen molar-refractivity contribution in [1.29, 1.82) is 0 Å². The second kappa shape index (κ2) is 6.58. The molecule has 0 spiro atoms. The van der Waals surface area contributed by atoms with Gasteiger partial charge in [0.15, 0.2) is 0 Å². The number of piperidine rings is 1. The summed E-state index contributed by atoms with van der Waals surface area (Å²) in [6, 6.07) is 7.90. The Balaban J connectivity index is 2.15. The SMILES string of the molecule is O=C(c1cccc(Br)c1)N1CCCCC1CCCl. The fraction of sp³-hybridized carbons (Fsp3) is 0.500. The highest BCUT2D eigenvalue weighted by atomic mass is 79.9. The van der Waals surface area contributed by atoms with E-state index in [1.165, 1.54) is 6.42 Å². The summed E-state index contributed by atoms with van der Waals surface area (Å²) < 4.78 is 0.944. The average molecular weight is 331 g/mol. The Morgan fingerprint density at radius 1 is 1.44 bits per heavy atom. The van der Waals surface area contributed by atoms with Gasteiger partial charge in [-0.1, -0.05) is 22.0 Å². The third-order valence-electron chi connectivity index (χ3n) is 3.40. The zero-order chi connectivity index (χ0) is 13.0. The molecule has 1 aliphatic rings. The van der Waals surface area contributed by atoms with Gasteiger partial charge >= 0.3 is 0 Å². The topological polar surface area (TPSA) is 20.3 Å². The van der Waals surface area contributed by atoms with E-state index in [1.807, 2.05) is 29.2 Å². The summed E-state index contributed by atoms with van der Waals surface area (Å²) in [5, 5.41) is 0. The van der Waals surface area contributed by atoms with Gasteiger partial charge in [-0.05, 0) is 43.9 Å². The molecule has 1 amide bonds. The lowest BCUT2D eigenvalue weighted by molar-refractivity contribution is 0.0609. The van der Waals surface area contributed by atoms with Crippen molar-refractivity contribution >= 4 is 33.4 Å². The third kappa shape index (κ3) is 3.27. The number of amides is 1. The minimum Gasteiger partial charge on any atom is -0.336 e. The van der Waals surface area contributed by atoms with E-state index in [9.17, 15) is 4.79 Å². The van der Waals surface area contributed by atoms with Crippen LogP contribution in [0.15, 0.2) is 28.7 Å². The first-order chi connectivity index (χ1) is 8.72. The first kappa shape index (κ1) is 13.9. The lowest BCUT2D eigenvalue weighted by atomic mass is 9.99. The monoisotopic (exact) mass is 329 g/mol. The minimum atomic E-state index is 0.131. The fourth-order valence-electron chi connectivity index (χ4n) is 2.48. The summed E-state index contributed by atoms with van der Waals surface area (Å²) in [6.45, 7) is 0.854. The normalized spacial score (nSPS) is 19.9. The van der Waals surface area contributed by atoms with Crippen LogP contribution in [0.1, 0.15) is 36.0 Å². The molecule has 1 heterocycles. The van der Waals surface area contributed by atoms with Crippen molar-refractivity contribution in [3.05, 3.63) is 34.3 Å². The van der Waals surface area contributed by atoms with Crippen LogP contribution in [0, 0.1) is 0 Å². The van der Waals surface area contributed by atoms with Crippen molar-refractivity contribution in [3.8, 4) is 0 Å². The Hall–Kier alpha value is -0.540. The van der Waals surface area contributed by atoms with Gasteiger partial charge in [0.1, 0.15) is 0 Å². The van der Waals surface area contributed by atoms with E-state index in [0.29, 0.717) is 11.9 Å². The maximum absolute atomic E-state index is 12.5. The summed E-state index contributed by atoms with van der Waals surface area (Å²) >= 11 is 9.24. The number of nitrogens with zero attached hydrogens (tertiary/aromatic N) is 1. The molecule has 1 atom stereocenters. The summed E-state index contributed by atoms with van der Waals surface area (Å²) in [4.78, 5) is 14.5. The Bertz CT molecular complexity index is 422. The summed E-state index contributed by atoms with van der Waals surface area (Å²) in [5.41, 5.74) is 0.755. The Morgan fingerprint density at radius 2 is 2.28 bits per heavy atom. The molecule has 1 fully saturated rings. The van der Waals surface area contributed by atoms with E-state index >= 15 is 0 Å². The smallest absolute Gasteiger partial charge is 0.254 e. The Morgan fingerprint density at radius 3 is 3.00 bits per heavy atom. The molecule has 1 unspecified atom stereocenters. The maximum atomic E-state index is 12.5. The van der Waals surface area contributed by atoms with Crippen molar-refractivity contribution in [2.45, 2.75) is 31.7 Å². The van der Waals surface area contributed by atoms with Gasteiger partial charge in [0.2, 0.25) is 0 Å². The van der Waals surface area contributed by atoms with Crippen molar-refractivity contribution in [2.75, 3.05) is 12.4 Å². The summed E-state index contributed by atoms with van der Waals surface area (Å²) in [7, 11) is 0. The van der Waals surface area contributed by atoms with Crippen LogP contribution >= 0.6 is 27.5 Å². The molecule has 1 aromatic rings. The van der Waals surface area contributed by atoms with Crippen LogP contribution in [-0.4, -0.2) is 29.3 Å². The van der Waals surface area contributed by atoms with Crippen LogP contribution in [0.3, 0.4) is 0 Å². The molecule has 2 rings (SSSR count). The van der Waals surface area contributed by atoms with Gasteiger partial charge in [0.25, 0.3) is 5.91 Å². The average Bonchev–Trinajstić information content (AvgIpc) is 2.39. The molecule has 0 radical (unpaired) electrons. The predicted octanol–water partition coefficient (Wildman–Crippen LogP) is 4.07. The number of benzene rings is 1. The van der Waals surface area contributed by atoms with Gasteiger partial charge in [-0.15, -0.1) is 11.6 Å². The fourth-order valence-corrected chi connectivity index (χ4v) is 3.13. The van der Waals surface area contributed by atoms with E-state index < -0.39 is 0 Å². The number of rotatable bonds is 3. The number of likely N-dealkylation sites (tertiary alicyclic amines) is 1. The van der Waals surface area contributed by atoms with E-state index in [2.05, 4.69) is 15.9 Å². The first-order valence-electron chi connectivity index (χ1n) is 6.35. The number of halogens is 2. The minimum absolute atomic E-state index is 0.131. The lowest BCUT2D eigenvalue weighted by Crippen LogP contribution is -2.43. The van der Waals surface area contributed by atoms with Crippen LogP contribution in [0.25, 0.3) is 0 Å². The number of hydrogen-bond donors (Lipinski definition) is 0. The molecule has 1 aliphatic heterocycles. The molecule has 1 aromatic carbocycles. The highest BCUT2D eigenvalue weighted by Crippen LogP contribution is 2.23. The zero-order valence-electron chi connectivity index (χ0n) is 10.2. The number of alkyl halides is 1. The molecular weight excluding hydrogens is 314 g/mol. The largest absolute Gasteiger partial charge is 0.336 e. The summed E-state index contributed by atoms with van der Waals surface area (Å²) in [5.74, 6) is 0.749. The van der Waals surface area contributed by atoms with Gasteiger partial charge in [-0.25, -0.2) is 0 Å². The maximum Gasteiger partial charge on any atom is 0.254 e. The van der Waals surface area contributed by atoms with Crippen LogP contribution < -0.4 is 0 Å². The van der Waals surface area contributed by atoms with E-state index in [0.717, 1.165) is 35.8 Å². The molecule has 1 saturated heterocycles. The molecule has 0 saturated carbocycles. The van der Waals surface area contributed by atoms with E-state index in [4.69, 9.17) is 11.6 Å². The van der Waals surface area contributed by atoms with Crippen molar-refractivity contribution in [2.24, 2.45) is 0 Å². The van der Waals surface area contributed by atoms with E-state index in [1.54, 1.807) is 0 Å². The second-order valence-electron chi connectivity index (χ2n) is 4.64. The van der Waals surface area contributed by atoms with Gasteiger partial charge in [-0.3, -0.25) is 4.79 Å². The molecule has 0 aromatic heterocycles. The number of carbonyl (C=O) groups excluding carboxylic acids is 1. The van der Waals surface area contributed by atoms with Crippen LogP contribution in [0.2, 0.25) is 0 Å².